The van der Waals surface area contributed by atoms with Gasteiger partial charge in [0.2, 0.25) is 10.0 Å². The number of hydrogen-bond acceptors (Lipinski definition) is 6. The topological polar surface area (TPSA) is 100 Å². The summed E-state index contributed by atoms with van der Waals surface area (Å²) in [5.41, 5.74) is 2.14. The first-order valence-electron chi connectivity index (χ1n) is 11.6. The van der Waals surface area contributed by atoms with Crippen molar-refractivity contribution < 1.29 is 13.2 Å². The maximum atomic E-state index is 13.0. The first kappa shape index (κ1) is 22.5. The molecule has 1 aliphatic heterocycles. The number of nitrogens with one attached hydrogen (secondary N) is 1. The molecule has 1 amide bonds. The van der Waals surface area contributed by atoms with Gasteiger partial charge in [-0.05, 0) is 43.2 Å². The summed E-state index contributed by atoms with van der Waals surface area (Å²) < 4.78 is 28.9. The number of anilines is 1. The zero-order valence-corrected chi connectivity index (χ0v) is 19.7. The number of sulfonamides is 1. The minimum atomic E-state index is -3.48. The average molecular weight is 481 g/mol. The predicted molar refractivity (Wildman–Crippen MR) is 130 cm³/mol. The van der Waals surface area contributed by atoms with E-state index in [2.05, 4.69) is 20.3 Å². The highest BCUT2D eigenvalue weighted by Crippen LogP contribution is 2.39. The van der Waals surface area contributed by atoms with Crippen LogP contribution >= 0.6 is 0 Å². The Bertz CT molecular complexity index is 1230. The van der Waals surface area contributed by atoms with Crippen LogP contribution < -0.4 is 10.2 Å². The van der Waals surface area contributed by atoms with Gasteiger partial charge in [0.15, 0.2) is 0 Å². The summed E-state index contributed by atoms with van der Waals surface area (Å²) in [5, 5.41) is 7.43. The van der Waals surface area contributed by atoms with E-state index in [0.29, 0.717) is 37.8 Å². The third-order valence-electron chi connectivity index (χ3n) is 6.21. The smallest absolute Gasteiger partial charge is 0.270 e. The number of aromatic nitrogens is 3. The molecule has 0 bridgehead atoms. The van der Waals surface area contributed by atoms with Crippen LogP contribution in [0.25, 0.3) is 5.69 Å². The van der Waals surface area contributed by atoms with Gasteiger partial charge in [-0.1, -0.05) is 24.3 Å². The molecular weight excluding hydrogens is 452 g/mol. The molecule has 1 N–H and O–H groups in total. The van der Waals surface area contributed by atoms with E-state index in [1.807, 2.05) is 54.6 Å². The third kappa shape index (κ3) is 4.97. The lowest BCUT2D eigenvalue weighted by Gasteiger charge is -2.34. The molecule has 1 aliphatic carbocycles. The molecule has 1 saturated heterocycles. The van der Waals surface area contributed by atoms with Crippen molar-refractivity contribution in [2.75, 3.05) is 43.4 Å². The normalized spacial score (nSPS) is 17.0. The highest BCUT2D eigenvalue weighted by Gasteiger charge is 2.30. The van der Waals surface area contributed by atoms with Gasteiger partial charge in [0.25, 0.3) is 5.91 Å². The Labute approximate surface area is 199 Å². The molecule has 3 aromatic rings. The van der Waals surface area contributed by atoms with Crippen LogP contribution in [0.3, 0.4) is 0 Å². The number of nitrogens with zero attached hydrogens (tertiary/aromatic N) is 5. The van der Waals surface area contributed by atoms with Crippen LogP contribution in [-0.4, -0.2) is 71.9 Å². The van der Waals surface area contributed by atoms with Gasteiger partial charge in [-0.2, -0.15) is 9.40 Å². The Balaban J connectivity index is 1.19. The second kappa shape index (κ2) is 9.55. The molecule has 3 heterocycles. The number of carbonyl (C=O) groups is 1. The van der Waals surface area contributed by atoms with E-state index in [0.717, 1.165) is 30.0 Å². The molecule has 34 heavy (non-hydrogen) atoms. The highest BCUT2D eigenvalue weighted by molar-refractivity contribution is 7.89. The van der Waals surface area contributed by atoms with Crippen LogP contribution in [0, 0.1) is 0 Å². The minimum absolute atomic E-state index is 0.0420. The van der Waals surface area contributed by atoms with Crippen molar-refractivity contribution in [3.05, 3.63) is 72.2 Å². The number of amides is 1. The van der Waals surface area contributed by atoms with Crippen molar-refractivity contribution in [2.24, 2.45) is 0 Å². The predicted octanol–water partition coefficient (Wildman–Crippen LogP) is 2.03. The number of pyridine rings is 1. The lowest BCUT2D eigenvalue weighted by Crippen LogP contribution is -2.50. The van der Waals surface area contributed by atoms with Gasteiger partial charge in [-0.15, -0.1) is 0 Å². The summed E-state index contributed by atoms with van der Waals surface area (Å²) in [5.74, 6) is 0.796. The number of para-hydroxylation sites is 1. The van der Waals surface area contributed by atoms with Gasteiger partial charge in [0.05, 0.1) is 17.1 Å². The zero-order valence-electron chi connectivity index (χ0n) is 18.9. The number of benzene rings is 1. The zero-order chi connectivity index (χ0) is 23.5. The van der Waals surface area contributed by atoms with Crippen molar-refractivity contribution >= 4 is 21.7 Å². The van der Waals surface area contributed by atoms with Crippen LogP contribution in [0.5, 0.6) is 0 Å². The lowest BCUT2D eigenvalue weighted by molar-refractivity contribution is 0.0948. The molecule has 9 nitrogen and oxygen atoms in total. The SMILES string of the molecule is O=C(NCCS(=O)(=O)N1CCN(c2ccccn2)CC1)c1cc(C2CC2)nn1-c1ccccc1. The van der Waals surface area contributed by atoms with Crippen LogP contribution in [0.15, 0.2) is 60.8 Å². The molecule has 0 atom stereocenters. The Morgan fingerprint density at radius 1 is 1.00 bits per heavy atom. The van der Waals surface area contributed by atoms with Crippen molar-refractivity contribution in [3.8, 4) is 5.69 Å². The molecular formula is C24H28N6O3S. The third-order valence-corrected chi connectivity index (χ3v) is 8.08. The molecule has 10 heteroatoms. The summed E-state index contributed by atoms with van der Waals surface area (Å²) in [4.78, 5) is 19.4. The molecule has 0 radical (unpaired) electrons. The van der Waals surface area contributed by atoms with E-state index in [1.165, 1.54) is 4.31 Å². The van der Waals surface area contributed by atoms with E-state index >= 15 is 0 Å². The molecule has 2 aromatic heterocycles. The Kier molecular flexibility index (Phi) is 6.34. The van der Waals surface area contributed by atoms with Gasteiger partial charge >= 0.3 is 0 Å². The standard InChI is InChI=1S/C24H28N6O3S/c31-24(22-18-21(19-9-10-19)27-30(22)20-6-2-1-3-7-20)26-12-17-34(32,33)29-15-13-28(14-16-29)23-8-4-5-11-25-23/h1-8,11,18-19H,9-10,12-17H2,(H,26,31). The van der Waals surface area contributed by atoms with Gasteiger partial charge in [0.1, 0.15) is 11.5 Å². The second-order valence-corrected chi connectivity index (χ2v) is 10.7. The highest BCUT2D eigenvalue weighted by atomic mass is 32.2. The summed E-state index contributed by atoms with van der Waals surface area (Å²) in [6.45, 7) is 2.02. The first-order valence-corrected chi connectivity index (χ1v) is 13.2. The lowest BCUT2D eigenvalue weighted by atomic mass is 10.2. The van der Waals surface area contributed by atoms with E-state index in [-0.39, 0.29) is 18.2 Å². The molecule has 1 aromatic carbocycles. The summed E-state index contributed by atoms with van der Waals surface area (Å²) >= 11 is 0. The first-order chi connectivity index (χ1) is 16.5. The maximum Gasteiger partial charge on any atom is 0.270 e. The van der Waals surface area contributed by atoms with Crippen molar-refractivity contribution in [3.63, 3.8) is 0 Å². The van der Waals surface area contributed by atoms with Crippen LogP contribution in [0.2, 0.25) is 0 Å². The Morgan fingerprint density at radius 2 is 1.74 bits per heavy atom. The number of hydrogen-bond donors (Lipinski definition) is 1. The molecule has 2 aliphatic rings. The molecule has 0 spiro atoms. The van der Waals surface area contributed by atoms with Crippen molar-refractivity contribution in [1.82, 2.24) is 24.4 Å². The summed E-state index contributed by atoms with van der Waals surface area (Å²) in [6, 6.07) is 17.0. The van der Waals surface area contributed by atoms with Gasteiger partial charge < -0.3 is 10.2 Å². The number of carbonyl (C=O) groups excluding carboxylic acids is 1. The van der Waals surface area contributed by atoms with Gasteiger partial charge in [0, 0.05) is 44.8 Å². The molecule has 5 rings (SSSR count). The fourth-order valence-electron chi connectivity index (χ4n) is 4.16. The van der Waals surface area contributed by atoms with E-state index in [9.17, 15) is 13.2 Å². The van der Waals surface area contributed by atoms with Crippen molar-refractivity contribution in [1.29, 1.82) is 0 Å². The van der Waals surface area contributed by atoms with Crippen LogP contribution in [-0.2, 0) is 10.0 Å². The fourth-order valence-corrected chi connectivity index (χ4v) is 5.49. The maximum absolute atomic E-state index is 13.0. The summed E-state index contributed by atoms with van der Waals surface area (Å²) in [7, 11) is -3.48. The fraction of sp³-hybridized carbons (Fsp3) is 0.375. The number of piperazine rings is 1. The number of rotatable bonds is 8. The largest absolute Gasteiger partial charge is 0.354 e. The van der Waals surface area contributed by atoms with E-state index in [1.54, 1.807) is 10.9 Å². The molecule has 178 valence electrons. The summed E-state index contributed by atoms with van der Waals surface area (Å²) in [6.07, 6.45) is 3.90. The van der Waals surface area contributed by atoms with Crippen LogP contribution in [0.1, 0.15) is 34.9 Å². The van der Waals surface area contributed by atoms with Gasteiger partial charge in [-0.25, -0.2) is 18.1 Å². The quantitative estimate of drug-likeness (QED) is 0.530. The molecule has 2 fully saturated rings. The minimum Gasteiger partial charge on any atom is -0.354 e. The Hall–Kier alpha value is -3.24. The molecule has 0 unspecified atom stereocenters. The monoisotopic (exact) mass is 480 g/mol. The van der Waals surface area contributed by atoms with E-state index < -0.39 is 10.0 Å². The van der Waals surface area contributed by atoms with Gasteiger partial charge in [-0.3, -0.25) is 4.79 Å². The van der Waals surface area contributed by atoms with Crippen LogP contribution in [0.4, 0.5) is 5.82 Å². The Morgan fingerprint density at radius 3 is 2.41 bits per heavy atom. The molecule has 1 saturated carbocycles. The second-order valence-electron chi connectivity index (χ2n) is 8.62. The van der Waals surface area contributed by atoms with Crippen molar-refractivity contribution in [2.45, 2.75) is 18.8 Å². The van der Waals surface area contributed by atoms with E-state index in [4.69, 9.17) is 0 Å². The average Bonchev–Trinajstić information content (AvgIpc) is 3.63.